The van der Waals surface area contributed by atoms with E-state index in [-0.39, 0.29) is 21.8 Å². The number of H-pyrrole nitrogens is 1. The Hall–Kier alpha value is -2.19. The summed E-state index contributed by atoms with van der Waals surface area (Å²) in [6.07, 6.45) is -7.68. The van der Waals surface area contributed by atoms with Crippen LogP contribution in [0.3, 0.4) is 0 Å². The van der Waals surface area contributed by atoms with Gasteiger partial charge in [-0.2, -0.15) is 26.3 Å². The lowest BCUT2D eigenvalue weighted by molar-refractivity contribution is -0.138. The Morgan fingerprint density at radius 1 is 0.931 bits per heavy atom. The van der Waals surface area contributed by atoms with E-state index in [2.05, 4.69) is 4.98 Å². The van der Waals surface area contributed by atoms with Crippen molar-refractivity contribution in [2.75, 3.05) is 6.54 Å². The van der Waals surface area contributed by atoms with Gasteiger partial charge in [0.05, 0.1) is 22.3 Å². The maximum atomic E-state index is 13.5. The normalized spacial score (nSPS) is 12.7. The van der Waals surface area contributed by atoms with Gasteiger partial charge in [0.2, 0.25) is 0 Å². The molecule has 0 radical (unpaired) electrons. The van der Waals surface area contributed by atoms with E-state index in [1.54, 1.807) is 0 Å². The van der Waals surface area contributed by atoms with E-state index in [1.807, 2.05) is 0 Å². The quantitative estimate of drug-likeness (QED) is 0.336. The van der Waals surface area contributed by atoms with E-state index in [4.69, 9.17) is 17.3 Å². The van der Waals surface area contributed by atoms with E-state index in [1.165, 1.54) is 12.1 Å². The zero-order valence-electron chi connectivity index (χ0n) is 15.0. The molecule has 3 rings (SSSR count). The standard InChI is InChI=1S/C20H17ClF6N2/c21-16-8-7-11(19(22,23)24)10-14(16)17-12(4-1-2-9-28)13-5-3-6-15(18(13)29-17)20(25,26)27/h3,5-8,10,29H,1-2,4,9,28H2. The number of nitrogens with one attached hydrogen (secondary N) is 1. The first kappa shape index (κ1) is 21.5. The highest BCUT2D eigenvalue weighted by Gasteiger charge is 2.35. The van der Waals surface area contributed by atoms with Crippen molar-refractivity contribution in [3.05, 3.63) is 58.1 Å². The third-order valence-corrected chi connectivity index (χ3v) is 5.02. The first-order chi connectivity index (χ1) is 13.5. The van der Waals surface area contributed by atoms with Crippen LogP contribution in [0.2, 0.25) is 5.02 Å². The lowest BCUT2D eigenvalue weighted by Gasteiger charge is -2.11. The Labute approximate surface area is 167 Å². The van der Waals surface area contributed by atoms with Crippen LogP contribution in [0.1, 0.15) is 29.5 Å². The summed E-state index contributed by atoms with van der Waals surface area (Å²) in [5.41, 5.74) is 4.16. The van der Waals surface area contributed by atoms with E-state index < -0.39 is 23.5 Å². The largest absolute Gasteiger partial charge is 0.418 e. The highest BCUT2D eigenvalue weighted by Crippen LogP contribution is 2.42. The van der Waals surface area contributed by atoms with Crippen molar-refractivity contribution in [3.63, 3.8) is 0 Å². The molecule has 0 bridgehead atoms. The highest BCUT2D eigenvalue weighted by atomic mass is 35.5. The summed E-state index contributed by atoms with van der Waals surface area (Å²) in [5.74, 6) is 0. The fourth-order valence-corrected chi connectivity index (χ4v) is 3.55. The number of benzene rings is 2. The summed E-state index contributed by atoms with van der Waals surface area (Å²) in [6.45, 7) is 0.399. The second-order valence-electron chi connectivity index (χ2n) is 6.64. The summed E-state index contributed by atoms with van der Waals surface area (Å²) in [5, 5.41) is 0.318. The zero-order valence-corrected chi connectivity index (χ0v) is 15.8. The van der Waals surface area contributed by atoms with Crippen LogP contribution in [0.4, 0.5) is 26.3 Å². The number of halogens is 7. The molecule has 2 aromatic carbocycles. The van der Waals surface area contributed by atoms with Crippen LogP contribution in [0.25, 0.3) is 22.2 Å². The third kappa shape index (κ3) is 4.38. The summed E-state index contributed by atoms with van der Waals surface area (Å²) >= 11 is 6.14. The Kier molecular flexibility index (Phi) is 5.87. The van der Waals surface area contributed by atoms with Gasteiger partial charge in [-0.1, -0.05) is 23.7 Å². The third-order valence-electron chi connectivity index (χ3n) is 4.69. The van der Waals surface area contributed by atoms with Gasteiger partial charge < -0.3 is 10.7 Å². The minimum atomic E-state index is -4.62. The van der Waals surface area contributed by atoms with Gasteiger partial charge in [-0.3, -0.25) is 0 Å². The molecular weight excluding hydrogens is 418 g/mol. The summed E-state index contributed by atoms with van der Waals surface area (Å²) in [4.78, 5) is 2.70. The van der Waals surface area contributed by atoms with E-state index in [0.29, 0.717) is 36.8 Å². The van der Waals surface area contributed by atoms with Gasteiger partial charge in [-0.25, -0.2) is 0 Å². The number of unbranched alkanes of at least 4 members (excludes halogenated alkanes) is 1. The molecule has 3 N–H and O–H groups in total. The zero-order chi connectivity index (χ0) is 21.4. The predicted molar refractivity (Wildman–Crippen MR) is 101 cm³/mol. The molecule has 29 heavy (non-hydrogen) atoms. The molecule has 0 fully saturated rings. The minimum Gasteiger partial charge on any atom is -0.354 e. The van der Waals surface area contributed by atoms with Crippen LogP contribution in [-0.2, 0) is 18.8 Å². The average Bonchev–Trinajstić information content (AvgIpc) is 2.99. The molecule has 0 aliphatic carbocycles. The number of aromatic nitrogens is 1. The summed E-state index contributed by atoms with van der Waals surface area (Å²) < 4.78 is 79.9. The highest BCUT2D eigenvalue weighted by molar-refractivity contribution is 6.33. The molecule has 1 aromatic heterocycles. The molecule has 156 valence electrons. The maximum absolute atomic E-state index is 13.5. The van der Waals surface area contributed by atoms with E-state index >= 15 is 0 Å². The second-order valence-corrected chi connectivity index (χ2v) is 7.05. The van der Waals surface area contributed by atoms with Crippen molar-refractivity contribution < 1.29 is 26.3 Å². The lowest BCUT2D eigenvalue weighted by Crippen LogP contribution is -2.05. The number of rotatable bonds is 5. The van der Waals surface area contributed by atoms with Crippen molar-refractivity contribution in [1.29, 1.82) is 0 Å². The van der Waals surface area contributed by atoms with Gasteiger partial charge in [0.1, 0.15) is 0 Å². The molecule has 1 heterocycles. The lowest BCUT2D eigenvalue weighted by atomic mass is 9.98. The van der Waals surface area contributed by atoms with Crippen molar-refractivity contribution in [2.45, 2.75) is 31.6 Å². The molecule has 9 heteroatoms. The van der Waals surface area contributed by atoms with Crippen LogP contribution in [0, 0.1) is 0 Å². The van der Waals surface area contributed by atoms with Crippen molar-refractivity contribution in [2.24, 2.45) is 5.73 Å². The SMILES string of the molecule is NCCCCc1c(-c2cc(C(F)(F)F)ccc2Cl)[nH]c2c(C(F)(F)F)cccc12. The molecular formula is C20H17ClF6N2. The van der Waals surface area contributed by atoms with Gasteiger partial charge >= 0.3 is 12.4 Å². The Morgan fingerprint density at radius 2 is 1.66 bits per heavy atom. The predicted octanol–water partition coefficient (Wildman–Crippen LogP) is 6.81. The number of fused-ring (bicyclic) bond motifs is 1. The first-order valence-corrected chi connectivity index (χ1v) is 9.19. The summed E-state index contributed by atoms with van der Waals surface area (Å²) in [6, 6.07) is 6.52. The number of nitrogens with two attached hydrogens (primary N) is 1. The molecule has 0 saturated heterocycles. The Morgan fingerprint density at radius 3 is 2.28 bits per heavy atom. The van der Waals surface area contributed by atoms with Crippen molar-refractivity contribution in [1.82, 2.24) is 4.98 Å². The molecule has 0 aliphatic rings. The molecule has 0 saturated carbocycles. The van der Waals surface area contributed by atoms with Gasteiger partial charge in [-0.15, -0.1) is 0 Å². The molecule has 0 atom stereocenters. The maximum Gasteiger partial charge on any atom is 0.418 e. The molecule has 2 nitrogen and oxygen atoms in total. The second kappa shape index (κ2) is 7.91. The van der Waals surface area contributed by atoms with Gasteiger partial charge in [0, 0.05) is 16.0 Å². The van der Waals surface area contributed by atoms with Crippen LogP contribution in [0.5, 0.6) is 0 Å². The van der Waals surface area contributed by atoms with Gasteiger partial charge in [0.25, 0.3) is 0 Å². The monoisotopic (exact) mass is 434 g/mol. The smallest absolute Gasteiger partial charge is 0.354 e. The molecule has 0 amide bonds. The van der Waals surface area contributed by atoms with E-state index in [9.17, 15) is 26.3 Å². The van der Waals surface area contributed by atoms with Gasteiger partial charge in [-0.05, 0) is 55.6 Å². The van der Waals surface area contributed by atoms with Crippen LogP contribution in [-0.4, -0.2) is 11.5 Å². The number of hydrogen-bond donors (Lipinski definition) is 2. The van der Waals surface area contributed by atoms with Crippen LogP contribution < -0.4 is 5.73 Å². The summed E-state index contributed by atoms with van der Waals surface area (Å²) in [7, 11) is 0. The fourth-order valence-electron chi connectivity index (χ4n) is 3.34. The number of aromatic amines is 1. The Bertz CT molecular complexity index is 1020. The Balaban J connectivity index is 2.28. The molecule has 0 unspecified atom stereocenters. The number of hydrogen-bond acceptors (Lipinski definition) is 1. The number of aryl methyl sites for hydroxylation is 1. The topological polar surface area (TPSA) is 41.8 Å². The van der Waals surface area contributed by atoms with Crippen LogP contribution >= 0.6 is 11.6 Å². The van der Waals surface area contributed by atoms with Crippen molar-refractivity contribution >= 4 is 22.5 Å². The first-order valence-electron chi connectivity index (χ1n) is 8.82. The van der Waals surface area contributed by atoms with Gasteiger partial charge in [0.15, 0.2) is 0 Å². The number of alkyl halides is 6. The number of para-hydroxylation sites is 1. The average molecular weight is 435 g/mol. The van der Waals surface area contributed by atoms with Crippen molar-refractivity contribution in [3.8, 4) is 11.3 Å². The van der Waals surface area contributed by atoms with E-state index in [0.717, 1.165) is 24.3 Å². The molecule has 0 spiro atoms. The minimum absolute atomic E-state index is 0.00793. The molecule has 3 aromatic rings. The van der Waals surface area contributed by atoms with Crippen LogP contribution in [0.15, 0.2) is 36.4 Å². The fraction of sp³-hybridized carbons (Fsp3) is 0.300. The molecule has 0 aliphatic heterocycles.